The van der Waals surface area contributed by atoms with Gasteiger partial charge in [0.25, 0.3) is 5.91 Å². The minimum Gasteiger partial charge on any atom is -0.452 e. The van der Waals surface area contributed by atoms with E-state index in [1.54, 1.807) is 13.8 Å². The number of hydrogen-bond acceptors (Lipinski definition) is 7. The summed E-state index contributed by atoms with van der Waals surface area (Å²) >= 11 is 0. The summed E-state index contributed by atoms with van der Waals surface area (Å²) in [5.41, 5.74) is 0.378. The standard InChI is InChI=1S/C19H23N3O7S2/c1-3-22(4-2)31(27,28)17-11-7-15(8-12-17)21-18(23)13-29-19(24)14-5-9-16(10-6-14)30(20,25)26/h5-12H,3-4,13H2,1-2H3,(H,21,23)(H2,20,25,26). The number of sulfonamides is 2. The van der Waals surface area contributed by atoms with Gasteiger partial charge in [0, 0.05) is 18.8 Å². The third kappa shape index (κ3) is 6.34. The van der Waals surface area contributed by atoms with Gasteiger partial charge in [0.1, 0.15) is 0 Å². The lowest BCUT2D eigenvalue weighted by Crippen LogP contribution is -2.30. The predicted molar refractivity (Wildman–Crippen MR) is 113 cm³/mol. The maximum absolute atomic E-state index is 12.5. The molecule has 1 amide bonds. The number of hydrogen-bond donors (Lipinski definition) is 2. The van der Waals surface area contributed by atoms with Crippen LogP contribution < -0.4 is 10.5 Å². The molecule has 0 fully saturated rings. The number of nitrogens with zero attached hydrogens (tertiary/aromatic N) is 1. The zero-order valence-corrected chi connectivity index (χ0v) is 18.6. The van der Waals surface area contributed by atoms with Crippen LogP contribution >= 0.6 is 0 Å². The van der Waals surface area contributed by atoms with Crippen LogP contribution in [-0.4, -0.2) is 52.7 Å². The number of esters is 1. The Morgan fingerprint density at radius 2 is 1.42 bits per heavy atom. The first-order chi connectivity index (χ1) is 14.5. The van der Waals surface area contributed by atoms with Crippen molar-refractivity contribution in [2.75, 3.05) is 25.0 Å². The van der Waals surface area contributed by atoms with Crippen molar-refractivity contribution in [3.05, 3.63) is 54.1 Å². The molecule has 2 aromatic rings. The van der Waals surface area contributed by atoms with Crippen molar-refractivity contribution >= 4 is 37.6 Å². The van der Waals surface area contributed by atoms with E-state index >= 15 is 0 Å². The van der Waals surface area contributed by atoms with E-state index in [1.807, 2.05) is 0 Å². The van der Waals surface area contributed by atoms with Crippen molar-refractivity contribution in [1.82, 2.24) is 4.31 Å². The van der Waals surface area contributed by atoms with Gasteiger partial charge in [-0.05, 0) is 48.5 Å². The second-order valence-electron chi connectivity index (χ2n) is 6.31. The minimum atomic E-state index is -3.88. The van der Waals surface area contributed by atoms with Crippen molar-refractivity contribution in [3.8, 4) is 0 Å². The van der Waals surface area contributed by atoms with Crippen LogP contribution in [0.15, 0.2) is 58.3 Å². The van der Waals surface area contributed by atoms with Crippen LogP contribution in [0.4, 0.5) is 5.69 Å². The average Bonchev–Trinajstić information content (AvgIpc) is 2.72. The number of amides is 1. The maximum atomic E-state index is 12.5. The van der Waals surface area contributed by atoms with Gasteiger partial charge in [-0.2, -0.15) is 4.31 Å². The highest BCUT2D eigenvalue weighted by molar-refractivity contribution is 7.89. The van der Waals surface area contributed by atoms with Crippen molar-refractivity contribution in [2.24, 2.45) is 5.14 Å². The fraction of sp³-hybridized carbons (Fsp3) is 0.263. The molecule has 0 atom stereocenters. The third-order valence-corrected chi connectivity index (χ3v) is 7.23. The number of ether oxygens (including phenoxy) is 1. The Balaban J connectivity index is 1.95. The van der Waals surface area contributed by atoms with Gasteiger partial charge in [0.05, 0.1) is 15.4 Å². The number of anilines is 1. The van der Waals surface area contributed by atoms with Crippen LogP contribution in [0.25, 0.3) is 0 Å². The number of carbonyl (C=O) groups is 2. The van der Waals surface area contributed by atoms with Gasteiger partial charge < -0.3 is 10.1 Å². The van der Waals surface area contributed by atoms with Gasteiger partial charge in [-0.15, -0.1) is 0 Å². The first-order valence-electron chi connectivity index (χ1n) is 9.19. The molecule has 0 aliphatic carbocycles. The molecule has 3 N–H and O–H groups in total. The fourth-order valence-electron chi connectivity index (χ4n) is 2.62. The molecule has 2 aromatic carbocycles. The number of primary sulfonamides is 1. The van der Waals surface area contributed by atoms with E-state index < -0.39 is 38.5 Å². The first kappa shape index (κ1) is 24.5. The van der Waals surface area contributed by atoms with E-state index in [-0.39, 0.29) is 15.4 Å². The van der Waals surface area contributed by atoms with Crippen LogP contribution in [0.1, 0.15) is 24.2 Å². The van der Waals surface area contributed by atoms with Crippen LogP contribution in [-0.2, 0) is 29.6 Å². The smallest absolute Gasteiger partial charge is 0.338 e. The molecule has 12 heteroatoms. The Hall–Kier alpha value is -2.80. The zero-order chi connectivity index (χ0) is 23.2. The molecule has 10 nitrogen and oxygen atoms in total. The largest absolute Gasteiger partial charge is 0.452 e. The van der Waals surface area contributed by atoms with E-state index in [9.17, 15) is 26.4 Å². The average molecular weight is 470 g/mol. The van der Waals surface area contributed by atoms with Gasteiger partial charge in [-0.3, -0.25) is 4.79 Å². The topological polar surface area (TPSA) is 153 Å². The monoisotopic (exact) mass is 469 g/mol. The highest BCUT2D eigenvalue weighted by atomic mass is 32.2. The van der Waals surface area contributed by atoms with Gasteiger partial charge >= 0.3 is 5.97 Å². The van der Waals surface area contributed by atoms with Gasteiger partial charge in [-0.25, -0.2) is 26.8 Å². The molecule has 0 unspecified atom stereocenters. The summed E-state index contributed by atoms with van der Waals surface area (Å²) in [5.74, 6) is -1.45. The Morgan fingerprint density at radius 3 is 1.90 bits per heavy atom. The van der Waals surface area contributed by atoms with Crippen LogP contribution in [0.3, 0.4) is 0 Å². The van der Waals surface area contributed by atoms with E-state index in [1.165, 1.54) is 40.7 Å². The van der Waals surface area contributed by atoms with Crippen LogP contribution in [0.2, 0.25) is 0 Å². The lowest BCUT2D eigenvalue weighted by Gasteiger charge is -2.18. The second kappa shape index (κ2) is 10.0. The number of nitrogens with one attached hydrogen (secondary N) is 1. The molecular formula is C19H23N3O7S2. The quantitative estimate of drug-likeness (QED) is 0.523. The summed E-state index contributed by atoms with van der Waals surface area (Å²) in [7, 11) is -7.49. The van der Waals surface area contributed by atoms with Crippen molar-refractivity contribution in [2.45, 2.75) is 23.6 Å². The van der Waals surface area contributed by atoms with E-state index in [0.29, 0.717) is 18.8 Å². The molecule has 0 aliphatic rings. The number of rotatable bonds is 9. The Bertz CT molecular complexity index is 1140. The van der Waals surface area contributed by atoms with E-state index in [4.69, 9.17) is 9.88 Å². The van der Waals surface area contributed by atoms with Gasteiger partial charge in [0.2, 0.25) is 20.0 Å². The maximum Gasteiger partial charge on any atom is 0.338 e. The highest BCUT2D eigenvalue weighted by Crippen LogP contribution is 2.18. The molecule has 0 spiro atoms. The lowest BCUT2D eigenvalue weighted by atomic mass is 10.2. The van der Waals surface area contributed by atoms with Crippen molar-refractivity contribution in [3.63, 3.8) is 0 Å². The van der Waals surface area contributed by atoms with Crippen LogP contribution in [0, 0.1) is 0 Å². The molecule has 0 bridgehead atoms. The van der Waals surface area contributed by atoms with Gasteiger partial charge in [-0.1, -0.05) is 13.8 Å². The van der Waals surface area contributed by atoms with Crippen LogP contribution in [0.5, 0.6) is 0 Å². The molecule has 0 aromatic heterocycles. The second-order valence-corrected chi connectivity index (χ2v) is 9.81. The summed E-state index contributed by atoms with van der Waals surface area (Å²) in [4.78, 5) is 23.9. The zero-order valence-electron chi connectivity index (χ0n) is 16.9. The van der Waals surface area contributed by atoms with Gasteiger partial charge in [0.15, 0.2) is 6.61 Å². The summed E-state index contributed by atoms with van der Waals surface area (Å²) in [6, 6.07) is 10.4. The summed E-state index contributed by atoms with van der Waals surface area (Å²) in [5, 5.41) is 7.48. The number of carbonyl (C=O) groups excluding carboxylic acids is 2. The predicted octanol–water partition coefficient (Wildman–Crippen LogP) is 1.16. The Morgan fingerprint density at radius 1 is 0.903 bits per heavy atom. The molecule has 0 radical (unpaired) electrons. The molecule has 0 aliphatic heterocycles. The fourth-order valence-corrected chi connectivity index (χ4v) is 4.59. The molecule has 0 heterocycles. The first-order valence-corrected chi connectivity index (χ1v) is 12.2. The minimum absolute atomic E-state index is 0.0474. The SMILES string of the molecule is CCN(CC)S(=O)(=O)c1ccc(NC(=O)COC(=O)c2ccc(S(N)(=O)=O)cc2)cc1. The molecule has 168 valence electrons. The van der Waals surface area contributed by atoms with E-state index in [2.05, 4.69) is 5.32 Å². The van der Waals surface area contributed by atoms with Crippen molar-refractivity contribution < 1.29 is 31.2 Å². The summed E-state index contributed by atoms with van der Waals surface area (Å²) in [6.45, 7) is 3.58. The summed E-state index contributed by atoms with van der Waals surface area (Å²) in [6.07, 6.45) is 0. The molecule has 0 saturated heterocycles. The normalized spacial score (nSPS) is 11.9. The lowest BCUT2D eigenvalue weighted by molar-refractivity contribution is -0.119. The highest BCUT2D eigenvalue weighted by Gasteiger charge is 2.21. The Labute approximate surface area is 181 Å². The van der Waals surface area contributed by atoms with Crippen molar-refractivity contribution in [1.29, 1.82) is 0 Å². The molecule has 31 heavy (non-hydrogen) atoms. The number of nitrogens with two attached hydrogens (primary N) is 1. The Kier molecular flexibility index (Phi) is 7.90. The number of benzene rings is 2. The summed E-state index contributed by atoms with van der Waals surface area (Å²) < 4.78 is 53.6. The molecular weight excluding hydrogens is 446 g/mol. The molecule has 0 saturated carbocycles. The van der Waals surface area contributed by atoms with E-state index in [0.717, 1.165) is 12.1 Å². The molecule has 2 rings (SSSR count). The third-order valence-electron chi connectivity index (χ3n) is 4.23.